The summed E-state index contributed by atoms with van der Waals surface area (Å²) in [6.07, 6.45) is 8.95. The molecule has 4 rings (SSSR count). The molecule has 110 valence electrons. The van der Waals surface area contributed by atoms with Crippen LogP contribution in [0, 0.1) is 0 Å². The van der Waals surface area contributed by atoms with Gasteiger partial charge in [0.25, 0.3) is 5.91 Å². The lowest BCUT2D eigenvalue weighted by Crippen LogP contribution is -2.38. The molecule has 3 heterocycles. The first-order chi connectivity index (χ1) is 10.3. The van der Waals surface area contributed by atoms with Gasteiger partial charge in [-0.25, -0.2) is 0 Å². The molecule has 2 aromatic heterocycles. The molecule has 1 N–H and O–H groups in total. The maximum absolute atomic E-state index is 12.8. The highest BCUT2D eigenvalue weighted by Crippen LogP contribution is 2.27. The second-order valence-electron chi connectivity index (χ2n) is 5.91. The molecule has 0 aromatic carbocycles. The van der Waals surface area contributed by atoms with Crippen LogP contribution in [0.2, 0.25) is 0 Å². The standard InChI is InChI=1S/C15H19N5O/c21-15(14-12-5-1-6-13(12)17-18-14)20-9-2-4-11(20)10-19-8-3-7-16-19/h3,7-8,11H,1-2,4-6,9-10H2,(H,17,18)/t11-/m0/s1. The Morgan fingerprint density at radius 1 is 1.38 bits per heavy atom. The van der Waals surface area contributed by atoms with E-state index in [1.165, 1.54) is 0 Å². The molecule has 1 aliphatic carbocycles. The van der Waals surface area contributed by atoms with Gasteiger partial charge < -0.3 is 4.90 Å². The summed E-state index contributed by atoms with van der Waals surface area (Å²) in [7, 11) is 0. The molecule has 6 heteroatoms. The van der Waals surface area contributed by atoms with Crippen LogP contribution in [0.5, 0.6) is 0 Å². The predicted octanol–water partition coefficient (Wildman–Crippen LogP) is 1.40. The SMILES string of the molecule is O=C(c1n[nH]c2c1CCC2)N1CCC[C@H]1Cn1cccn1. The first-order valence-electron chi connectivity index (χ1n) is 7.67. The van der Waals surface area contributed by atoms with Gasteiger partial charge in [0.2, 0.25) is 0 Å². The fraction of sp³-hybridized carbons (Fsp3) is 0.533. The van der Waals surface area contributed by atoms with E-state index in [2.05, 4.69) is 15.3 Å². The summed E-state index contributed by atoms with van der Waals surface area (Å²) < 4.78 is 1.91. The zero-order chi connectivity index (χ0) is 14.2. The quantitative estimate of drug-likeness (QED) is 0.927. The normalized spacial score (nSPS) is 21.0. The lowest BCUT2D eigenvalue weighted by Gasteiger charge is -2.24. The van der Waals surface area contributed by atoms with E-state index in [0.29, 0.717) is 5.69 Å². The number of likely N-dealkylation sites (tertiary alicyclic amines) is 1. The highest BCUT2D eigenvalue weighted by molar-refractivity contribution is 5.94. The molecule has 0 radical (unpaired) electrons. The Bertz CT molecular complexity index is 645. The third-order valence-electron chi connectivity index (χ3n) is 4.60. The van der Waals surface area contributed by atoms with Gasteiger partial charge in [0.15, 0.2) is 5.69 Å². The van der Waals surface area contributed by atoms with E-state index in [4.69, 9.17) is 0 Å². The second kappa shape index (κ2) is 5.02. The number of fused-ring (bicyclic) bond motifs is 1. The van der Waals surface area contributed by atoms with Crippen molar-refractivity contribution in [3.8, 4) is 0 Å². The molecule has 0 saturated carbocycles. The number of aromatic amines is 1. The van der Waals surface area contributed by atoms with Gasteiger partial charge in [-0.1, -0.05) is 0 Å². The van der Waals surface area contributed by atoms with Crippen molar-refractivity contribution in [2.24, 2.45) is 0 Å². The Hall–Kier alpha value is -2.11. The summed E-state index contributed by atoms with van der Waals surface area (Å²) in [5.41, 5.74) is 2.95. The van der Waals surface area contributed by atoms with Gasteiger partial charge in [0, 0.05) is 30.2 Å². The van der Waals surface area contributed by atoms with Crippen LogP contribution in [-0.4, -0.2) is 43.4 Å². The summed E-state index contributed by atoms with van der Waals surface area (Å²) >= 11 is 0. The van der Waals surface area contributed by atoms with Gasteiger partial charge >= 0.3 is 0 Å². The molecular formula is C15H19N5O. The number of rotatable bonds is 3. The maximum atomic E-state index is 12.8. The molecule has 1 atom stereocenters. The molecular weight excluding hydrogens is 266 g/mol. The predicted molar refractivity (Wildman–Crippen MR) is 76.9 cm³/mol. The summed E-state index contributed by atoms with van der Waals surface area (Å²) in [6, 6.07) is 2.15. The minimum absolute atomic E-state index is 0.0871. The second-order valence-corrected chi connectivity index (χ2v) is 5.91. The number of hydrogen-bond acceptors (Lipinski definition) is 3. The third kappa shape index (κ3) is 2.14. The highest BCUT2D eigenvalue weighted by Gasteiger charge is 2.33. The van der Waals surface area contributed by atoms with Crippen LogP contribution >= 0.6 is 0 Å². The number of aromatic nitrogens is 4. The maximum Gasteiger partial charge on any atom is 0.274 e. The summed E-state index contributed by atoms with van der Waals surface area (Å²) in [4.78, 5) is 14.8. The molecule has 1 saturated heterocycles. The lowest BCUT2D eigenvalue weighted by atomic mass is 10.1. The summed E-state index contributed by atoms with van der Waals surface area (Å²) in [5, 5.41) is 11.6. The van der Waals surface area contributed by atoms with Crippen molar-refractivity contribution in [3.05, 3.63) is 35.4 Å². The Morgan fingerprint density at radius 2 is 2.33 bits per heavy atom. The fourth-order valence-corrected chi connectivity index (χ4v) is 3.55. The number of nitrogens with zero attached hydrogens (tertiary/aromatic N) is 4. The van der Waals surface area contributed by atoms with Gasteiger partial charge in [0.05, 0.1) is 12.6 Å². The van der Waals surface area contributed by atoms with Crippen molar-refractivity contribution in [3.63, 3.8) is 0 Å². The van der Waals surface area contributed by atoms with Crippen molar-refractivity contribution in [2.75, 3.05) is 6.54 Å². The third-order valence-corrected chi connectivity index (χ3v) is 4.60. The lowest BCUT2D eigenvalue weighted by molar-refractivity contribution is 0.0714. The molecule has 0 bridgehead atoms. The Balaban J connectivity index is 1.55. The number of carbonyl (C=O) groups excluding carboxylic acids is 1. The smallest absolute Gasteiger partial charge is 0.274 e. The van der Waals surface area contributed by atoms with Gasteiger partial charge in [-0.3, -0.25) is 14.6 Å². The first kappa shape index (κ1) is 12.6. The van der Waals surface area contributed by atoms with E-state index < -0.39 is 0 Å². The van der Waals surface area contributed by atoms with Crippen LogP contribution < -0.4 is 0 Å². The first-order valence-corrected chi connectivity index (χ1v) is 7.67. The van der Waals surface area contributed by atoms with E-state index in [0.717, 1.165) is 56.5 Å². The number of amides is 1. The van der Waals surface area contributed by atoms with E-state index in [-0.39, 0.29) is 11.9 Å². The number of hydrogen-bond donors (Lipinski definition) is 1. The van der Waals surface area contributed by atoms with E-state index in [1.807, 2.05) is 21.8 Å². The van der Waals surface area contributed by atoms with Crippen LogP contribution in [0.4, 0.5) is 0 Å². The van der Waals surface area contributed by atoms with Gasteiger partial charge in [-0.05, 0) is 38.2 Å². The minimum Gasteiger partial charge on any atom is -0.332 e. The van der Waals surface area contributed by atoms with Crippen LogP contribution in [-0.2, 0) is 19.4 Å². The fourth-order valence-electron chi connectivity index (χ4n) is 3.55. The zero-order valence-electron chi connectivity index (χ0n) is 12.0. The Morgan fingerprint density at radius 3 is 3.19 bits per heavy atom. The average Bonchev–Trinajstić information content (AvgIpc) is 3.24. The molecule has 0 spiro atoms. The molecule has 2 aliphatic rings. The van der Waals surface area contributed by atoms with Crippen LogP contribution in [0.1, 0.15) is 41.0 Å². The van der Waals surface area contributed by atoms with Crippen molar-refractivity contribution >= 4 is 5.91 Å². The highest BCUT2D eigenvalue weighted by atomic mass is 16.2. The van der Waals surface area contributed by atoms with E-state index in [1.54, 1.807) is 6.20 Å². The topological polar surface area (TPSA) is 66.8 Å². The Labute approximate surface area is 123 Å². The van der Waals surface area contributed by atoms with Gasteiger partial charge in [-0.15, -0.1) is 0 Å². The molecule has 1 fully saturated rings. The molecule has 2 aromatic rings. The molecule has 6 nitrogen and oxygen atoms in total. The number of aryl methyl sites for hydroxylation is 1. The van der Waals surface area contributed by atoms with E-state index in [9.17, 15) is 4.79 Å². The number of nitrogens with one attached hydrogen (secondary N) is 1. The molecule has 1 amide bonds. The Kier molecular flexibility index (Phi) is 3.02. The molecule has 21 heavy (non-hydrogen) atoms. The van der Waals surface area contributed by atoms with Crippen molar-refractivity contribution in [2.45, 2.75) is 44.7 Å². The van der Waals surface area contributed by atoms with Crippen LogP contribution in [0.3, 0.4) is 0 Å². The zero-order valence-corrected chi connectivity index (χ0v) is 12.0. The van der Waals surface area contributed by atoms with Crippen molar-refractivity contribution in [1.82, 2.24) is 24.9 Å². The van der Waals surface area contributed by atoms with E-state index >= 15 is 0 Å². The van der Waals surface area contributed by atoms with Gasteiger partial charge in [-0.2, -0.15) is 10.2 Å². The minimum atomic E-state index is 0.0871. The average molecular weight is 285 g/mol. The monoisotopic (exact) mass is 285 g/mol. The van der Waals surface area contributed by atoms with Crippen molar-refractivity contribution < 1.29 is 4.79 Å². The summed E-state index contributed by atoms with van der Waals surface area (Å²) in [5.74, 6) is 0.0871. The van der Waals surface area contributed by atoms with Crippen molar-refractivity contribution in [1.29, 1.82) is 0 Å². The van der Waals surface area contributed by atoms with Gasteiger partial charge in [0.1, 0.15) is 0 Å². The molecule has 1 aliphatic heterocycles. The van der Waals surface area contributed by atoms with Crippen LogP contribution in [0.15, 0.2) is 18.5 Å². The number of carbonyl (C=O) groups is 1. The number of H-pyrrole nitrogens is 1. The summed E-state index contributed by atoms with van der Waals surface area (Å²) in [6.45, 7) is 1.59. The van der Waals surface area contributed by atoms with Crippen LogP contribution in [0.25, 0.3) is 0 Å². The largest absolute Gasteiger partial charge is 0.332 e. The molecule has 0 unspecified atom stereocenters.